The summed E-state index contributed by atoms with van der Waals surface area (Å²) in [4.78, 5) is 15.9. The van der Waals surface area contributed by atoms with Crippen molar-refractivity contribution >= 4 is 27.3 Å². The number of furan rings is 1. The molecule has 0 N–H and O–H groups in total. The van der Waals surface area contributed by atoms with Crippen LogP contribution in [0.15, 0.2) is 69.5 Å². The van der Waals surface area contributed by atoms with Crippen LogP contribution >= 0.6 is 11.3 Å². The molecule has 0 bridgehead atoms. The average molecular weight is 405 g/mol. The molecule has 0 spiro atoms. The van der Waals surface area contributed by atoms with Gasteiger partial charge in [0.05, 0.1) is 24.2 Å². The molecule has 0 saturated carbocycles. The van der Waals surface area contributed by atoms with E-state index in [2.05, 4.69) is 0 Å². The maximum atomic E-state index is 13.0. The van der Waals surface area contributed by atoms with Gasteiger partial charge in [-0.1, -0.05) is 6.07 Å². The number of amides is 1. The first-order chi connectivity index (χ1) is 12.9. The zero-order chi connectivity index (χ0) is 19.4. The summed E-state index contributed by atoms with van der Waals surface area (Å²) in [7, 11) is -0.581. The molecule has 8 heteroatoms. The number of carbonyl (C=O) groups is 1. The van der Waals surface area contributed by atoms with E-state index < -0.39 is 10.0 Å². The summed E-state index contributed by atoms with van der Waals surface area (Å²) < 4.78 is 30.9. The first-order valence-electron chi connectivity index (χ1n) is 8.24. The number of thiophene rings is 1. The van der Waals surface area contributed by atoms with Crippen LogP contribution in [0.5, 0.6) is 0 Å². The van der Waals surface area contributed by atoms with Gasteiger partial charge >= 0.3 is 0 Å². The standard InChI is InChI=1S/C19H20N2O4S2/c1-20(2)27(23,24)18-9-7-15(8-10-18)19(22)21(13-16-5-3-11-25-16)14-17-6-4-12-26-17/h3-12H,13-14H2,1-2H3. The van der Waals surface area contributed by atoms with E-state index in [-0.39, 0.29) is 10.8 Å². The Kier molecular flexibility index (Phi) is 5.79. The zero-order valence-corrected chi connectivity index (χ0v) is 16.7. The smallest absolute Gasteiger partial charge is 0.254 e. The molecule has 2 heterocycles. The zero-order valence-electron chi connectivity index (χ0n) is 15.0. The number of sulfonamides is 1. The lowest BCUT2D eigenvalue weighted by molar-refractivity contribution is 0.0719. The molecule has 0 unspecified atom stereocenters. The van der Waals surface area contributed by atoms with Gasteiger partial charge in [0.25, 0.3) is 5.91 Å². The molecule has 3 rings (SSSR count). The van der Waals surface area contributed by atoms with E-state index in [0.717, 1.165) is 9.18 Å². The molecule has 0 aliphatic heterocycles. The van der Waals surface area contributed by atoms with Crippen molar-refractivity contribution in [3.05, 3.63) is 76.4 Å². The molecule has 1 aromatic carbocycles. The lowest BCUT2D eigenvalue weighted by Crippen LogP contribution is -2.29. The number of hydrogen-bond acceptors (Lipinski definition) is 5. The van der Waals surface area contributed by atoms with E-state index in [4.69, 9.17) is 4.42 Å². The Morgan fingerprint density at radius 2 is 1.78 bits per heavy atom. The number of hydrogen-bond donors (Lipinski definition) is 0. The topological polar surface area (TPSA) is 70.8 Å². The van der Waals surface area contributed by atoms with E-state index in [1.807, 2.05) is 23.6 Å². The monoisotopic (exact) mass is 404 g/mol. The first kappa shape index (κ1) is 19.3. The fourth-order valence-corrected chi connectivity index (χ4v) is 4.16. The van der Waals surface area contributed by atoms with Crippen molar-refractivity contribution in [1.82, 2.24) is 9.21 Å². The largest absolute Gasteiger partial charge is 0.467 e. The molecule has 0 aliphatic carbocycles. The normalized spacial score (nSPS) is 11.7. The number of rotatable bonds is 7. The van der Waals surface area contributed by atoms with Crippen molar-refractivity contribution in [3.63, 3.8) is 0 Å². The van der Waals surface area contributed by atoms with E-state index in [0.29, 0.717) is 24.4 Å². The molecular formula is C19H20N2O4S2. The highest BCUT2D eigenvalue weighted by Crippen LogP contribution is 2.19. The summed E-state index contributed by atoms with van der Waals surface area (Å²) in [5.74, 6) is 0.500. The van der Waals surface area contributed by atoms with Crippen LogP contribution in [0.4, 0.5) is 0 Å². The maximum absolute atomic E-state index is 13.0. The molecule has 142 valence electrons. The Labute approximate surface area is 162 Å². The van der Waals surface area contributed by atoms with Gasteiger partial charge in [0, 0.05) is 24.5 Å². The van der Waals surface area contributed by atoms with Gasteiger partial charge in [-0.2, -0.15) is 0 Å². The van der Waals surface area contributed by atoms with Crippen LogP contribution in [0.3, 0.4) is 0 Å². The Morgan fingerprint density at radius 3 is 2.33 bits per heavy atom. The Hall–Kier alpha value is -2.42. The van der Waals surface area contributed by atoms with Gasteiger partial charge in [0.2, 0.25) is 10.0 Å². The Balaban J connectivity index is 1.84. The van der Waals surface area contributed by atoms with Crippen molar-refractivity contribution in [2.75, 3.05) is 14.1 Å². The number of carbonyl (C=O) groups excluding carboxylic acids is 1. The van der Waals surface area contributed by atoms with Crippen molar-refractivity contribution < 1.29 is 17.6 Å². The second-order valence-corrected chi connectivity index (χ2v) is 9.32. The minimum atomic E-state index is -3.53. The molecule has 0 saturated heterocycles. The molecule has 3 aromatic rings. The minimum Gasteiger partial charge on any atom is -0.467 e. The van der Waals surface area contributed by atoms with Crippen LogP contribution < -0.4 is 0 Å². The van der Waals surface area contributed by atoms with Gasteiger partial charge in [0.1, 0.15) is 5.76 Å². The Bertz CT molecular complexity index is 941. The minimum absolute atomic E-state index is 0.153. The van der Waals surface area contributed by atoms with Gasteiger partial charge in [-0.3, -0.25) is 4.79 Å². The molecule has 1 amide bonds. The van der Waals surface area contributed by atoms with Crippen LogP contribution in [0.2, 0.25) is 0 Å². The average Bonchev–Trinajstić information content (AvgIpc) is 3.34. The van der Waals surface area contributed by atoms with E-state index in [9.17, 15) is 13.2 Å². The van der Waals surface area contributed by atoms with Gasteiger partial charge < -0.3 is 9.32 Å². The maximum Gasteiger partial charge on any atom is 0.254 e. The summed E-state index contributed by atoms with van der Waals surface area (Å²) >= 11 is 1.58. The van der Waals surface area contributed by atoms with Crippen molar-refractivity contribution in [3.8, 4) is 0 Å². The van der Waals surface area contributed by atoms with E-state index in [1.165, 1.54) is 26.2 Å². The van der Waals surface area contributed by atoms with Gasteiger partial charge in [-0.25, -0.2) is 12.7 Å². The quantitative estimate of drug-likeness (QED) is 0.605. The van der Waals surface area contributed by atoms with Crippen LogP contribution in [0.25, 0.3) is 0 Å². The third kappa shape index (κ3) is 4.47. The molecule has 0 fully saturated rings. The highest BCUT2D eigenvalue weighted by molar-refractivity contribution is 7.89. The lowest BCUT2D eigenvalue weighted by atomic mass is 10.2. The summed E-state index contributed by atoms with van der Waals surface area (Å²) in [5.41, 5.74) is 0.427. The molecule has 6 nitrogen and oxygen atoms in total. The van der Waals surface area contributed by atoms with Crippen LogP contribution in [-0.2, 0) is 23.1 Å². The Morgan fingerprint density at radius 1 is 1.04 bits per heavy atom. The van der Waals surface area contributed by atoms with Gasteiger partial charge in [0.15, 0.2) is 0 Å². The van der Waals surface area contributed by atoms with E-state index >= 15 is 0 Å². The lowest BCUT2D eigenvalue weighted by Gasteiger charge is -2.21. The van der Waals surface area contributed by atoms with Crippen LogP contribution in [0.1, 0.15) is 21.0 Å². The fourth-order valence-electron chi connectivity index (χ4n) is 2.54. The van der Waals surface area contributed by atoms with Gasteiger partial charge in [-0.15, -0.1) is 11.3 Å². The summed E-state index contributed by atoms with van der Waals surface area (Å²) in [6.45, 7) is 0.788. The molecule has 27 heavy (non-hydrogen) atoms. The van der Waals surface area contributed by atoms with Crippen LogP contribution in [0, 0.1) is 0 Å². The second kappa shape index (κ2) is 8.08. The van der Waals surface area contributed by atoms with E-state index in [1.54, 1.807) is 40.7 Å². The predicted octanol–water partition coefficient (Wildman–Crippen LogP) is 3.43. The molecule has 2 aromatic heterocycles. The fraction of sp³-hybridized carbons (Fsp3) is 0.211. The van der Waals surface area contributed by atoms with Crippen molar-refractivity contribution in [1.29, 1.82) is 0 Å². The van der Waals surface area contributed by atoms with Crippen LogP contribution in [-0.4, -0.2) is 37.6 Å². The highest BCUT2D eigenvalue weighted by Gasteiger charge is 2.21. The summed E-state index contributed by atoms with van der Waals surface area (Å²) in [6, 6.07) is 13.5. The first-order valence-corrected chi connectivity index (χ1v) is 10.6. The molecule has 0 aliphatic rings. The summed E-state index contributed by atoms with van der Waals surface area (Å²) in [6.07, 6.45) is 1.57. The second-order valence-electron chi connectivity index (χ2n) is 6.13. The predicted molar refractivity (Wildman–Crippen MR) is 104 cm³/mol. The summed E-state index contributed by atoms with van der Waals surface area (Å²) in [5, 5.41) is 1.96. The highest BCUT2D eigenvalue weighted by atomic mass is 32.2. The van der Waals surface area contributed by atoms with Crippen molar-refractivity contribution in [2.24, 2.45) is 0 Å². The number of nitrogens with zero attached hydrogens (tertiary/aromatic N) is 2. The third-order valence-electron chi connectivity index (χ3n) is 4.02. The number of benzene rings is 1. The molecular weight excluding hydrogens is 384 g/mol. The molecule has 0 atom stereocenters. The SMILES string of the molecule is CN(C)S(=O)(=O)c1ccc(C(=O)N(Cc2ccco2)Cc2cccs2)cc1. The van der Waals surface area contributed by atoms with Gasteiger partial charge in [-0.05, 0) is 47.8 Å². The van der Waals surface area contributed by atoms with Crippen molar-refractivity contribution in [2.45, 2.75) is 18.0 Å². The molecule has 0 radical (unpaired) electrons. The third-order valence-corrected chi connectivity index (χ3v) is 6.71.